The molecule has 0 saturated carbocycles. The number of nitrogens with zero attached hydrogens (tertiary/aromatic N) is 3. The molecule has 4 heteroatoms. The predicted octanol–water partition coefficient (Wildman–Crippen LogP) is 17.5. The molecule has 1 aliphatic rings. The summed E-state index contributed by atoms with van der Waals surface area (Å²) in [7, 11) is -2.79. The zero-order chi connectivity index (χ0) is 55.2. The Bertz CT molecular complexity index is 4210. The van der Waals surface area contributed by atoms with Gasteiger partial charge in [0.2, 0.25) is 0 Å². The number of rotatable bonds is 13. The van der Waals surface area contributed by atoms with Crippen molar-refractivity contribution in [3.8, 4) is 16.8 Å². The van der Waals surface area contributed by atoms with E-state index in [0.29, 0.717) is 0 Å². The van der Waals surface area contributed by atoms with Crippen LogP contribution in [0.1, 0.15) is 22.3 Å². The Morgan fingerprint density at radius 2 is 0.554 bits per heavy atom. The van der Waals surface area contributed by atoms with Crippen LogP contribution < -0.4 is 30.5 Å². The molecule has 0 fully saturated rings. The lowest BCUT2D eigenvalue weighted by molar-refractivity contribution is 0.768. The molecule has 13 aromatic carbocycles. The summed E-state index contributed by atoms with van der Waals surface area (Å²) >= 11 is 0. The first-order chi connectivity index (χ1) is 41.2. The average Bonchev–Trinajstić information content (AvgIpc) is 2.91. The molecule has 15 rings (SSSR count). The molecular weight excluding hydrogens is 1020 g/mol. The fourth-order valence-corrected chi connectivity index (χ4v) is 18.4. The SMILES string of the molecule is c1ccc(N(c2ccccc2)c2ccc3c(c2)c2cc(N(c4ccccc4)c4ccccc4)ccc2n3-c2ccc(C3(c4ccc([Si](c5ccccc5)(c5ccccc5)c5ccccc5)cc4)c4ccccc4-c4ccccc43)cc2)cc1. The van der Waals surface area contributed by atoms with E-state index in [-0.39, 0.29) is 0 Å². The van der Waals surface area contributed by atoms with Crippen LogP contribution in [0, 0.1) is 0 Å². The Labute approximate surface area is 486 Å². The lowest BCUT2D eigenvalue weighted by Gasteiger charge is -2.36. The molecule has 14 aromatic rings. The molecule has 1 aliphatic carbocycles. The Kier molecular flexibility index (Phi) is 12.4. The second kappa shape index (κ2) is 20.9. The first-order valence-corrected chi connectivity index (χ1v) is 30.7. The van der Waals surface area contributed by atoms with Crippen LogP contribution in [0.2, 0.25) is 0 Å². The van der Waals surface area contributed by atoms with Crippen molar-refractivity contribution in [3.05, 3.63) is 368 Å². The zero-order valence-corrected chi connectivity index (χ0v) is 46.8. The molecule has 1 heterocycles. The summed E-state index contributed by atoms with van der Waals surface area (Å²) in [5.74, 6) is 0. The van der Waals surface area contributed by atoms with E-state index >= 15 is 0 Å². The van der Waals surface area contributed by atoms with Crippen molar-refractivity contribution in [1.29, 1.82) is 0 Å². The summed E-state index contributed by atoms with van der Waals surface area (Å²) in [4.78, 5) is 4.72. The van der Waals surface area contributed by atoms with E-state index in [1.807, 2.05) is 0 Å². The van der Waals surface area contributed by atoms with Crippen LogP contribution in [0.4, 0.5) is 34.1 Å². The van der Waals surface area contributed by atoms with Gasteiger partial charge in [-0.2, -0.15) is 0 Å². The quantitative estimate of drug-likeness (QED) is 0.0842. The molecule has 0 saturated heterocycles. The number of para-hydroxylation sites is 4. The molecule has 1 aromatic heterocycles. The lowest BCUT2D eigenvalue weighted by Crippen LogP contribution is -2.74. The van der Waals surface area contributed by atoms with Gasteiger partial charge in [-0.15, -0.1) is 0 Å². The van der Waals surface area contributed by atoms with E-state index in [9.17, 15) is 0 Å². The van der Waals surface area contributed by atoms with Crippen molar-refractivity contribution in [2.75, 3.05) is 9.80 Å². The highest BCUT2D eigenvalue weighted by Crippen LogP contribution is 2.56. The second-order valence-electron chi connectivity index (χ2n) is 21.6. The summed E-state index contributed by atoms with van der Waals surface area (Å²) in [6, 6.07) is 128. The minimum atomic E-state index is -2.79. The van der Waals surface area contributed by atoms with E-state index < -0.39 is 13.5 Å². The molecular formula is C79H57N3Si. The molecule has 3 nitrogen and oxygen atoms in total. The van der Waals surface area contributed by atoms with E-state index in [2.05, 4.69) is 360 Å². The van der Waals surface area contributed by atoms with Gasteiger partial charge in [0, 0.05) is 50.6 Å². The van der Waals surface area contributed by atoms with Crippen LogP contribution in [0.3, 0.4) is 0 Å². The molecule has 0 spiro atoms. The number of hydrogen-bond acceptors (Lipinski definition) is 2. The Morgan fingerprint density at radius 3 is 0.916 bits per heavy atom. The van der Waals surface area contributed by atoms with Gasteiger partial charge < -0.3 is 14.4 Å². The zero-order valence-electron chi connectivity index (χ0n) is 45.8. The van der Waals surface area contributed by atoms with Gasteiger partial charge in [-0.1, -0.05) is 249 Å². The van der Waals surface area contributed by atoms with Gasteiger partial charge in [-0.25, -0.2) is 0 Å². The van der Waals surface area contributed by atoms with Crippen molar-refractivity contribution in [2.24, 2.45) is 0 Å². The van der Waals surface area contributed by atoms with Crippen LogP contribution in [0.5, 0.6) is 0 Å². The molecule has 0 aliphatic heterocycles. The molecule has 0 atom stereocenters. The van der Waals surface area contributed by atoms with Gasteiger partial charge in [0.1, 0.15) is 0 Å². The van der Waals surface area contributed by atoms with E-state index in [1.54, 1.807) is 0 Å². The lowest BCUT2D eigenvalue weighted by atomic mass is 9.68. The number of fused-ring (bicyclic) bond motifs is 6. The normalized spacial score (nSPS) is 12.4. The summed E-state index contributed by atoms with van der Waals surface area (Å²) < 4.78 is 2.46. The van der Waals surface area contributed by atoms with Gasteiger partial charge in [-0.05, 0) is 151 Å². The monoisotopic (exact) mass is 1080 g/mol. The topological polar surface area (TPSA) is 11.4 Å². The van der Waals surface area contributed by atoms with Gasteiger partial charge in [-0.3, -0.25) is 0 Å². The van der Waals surface area contributed by atoms with Gasteiger partial charge in [0.05, 0.1) is 16.4 Å². The van der Waals surface area contributed by atoms with Crippen molar-refractivity contribution >= 4 is 84.8 Å². The average molecular weight is 1080 g/mol. The maximum absolute atomic E-state index is 2.79. The van der Waals surface area contributed by atoms with Crippen LogP contribution >= 0.6 is 0 Å². The highest BCUT2D eigenvalue weighted by atomic mass is 28.3. The van der Waals surface area contributed by atoms with Gasteiger partial charge in [0.25, 0.3) is 0 Å². The van der Waals surface area contributed by atoms with Crippen LogP contribution in [-0.4, -0.2) is 12.6 Å². The van der Waals surface area contributed by atoms with E-state index in [0.717, 1.165) is 61.6 Å². The Hall–Kier alpha value is -10.5. The third-order valence-electron chi connectivity index (χ3n) is 17.2. The number of hydrogen-bond donors (Lipinski definition) is 0. The molecule has 0 radical (unpaired) electrons. The van der Waals surface area contributed by atoms with E-state index in [4.69, 9.17) is 0 Å². The standard InChI is InChI=1S/C79H57N3Si/c1-8-26-60(27-9-1)80(61-28-10-2-11-29-61)65-50-54-77-73(56-65)74-57-66(81(62-30-12-3-13-31-62)63-32-14-4-15-33-63)51-55-78(74)82(77)64-48-44-58(45-49-64)79(75-42-24-22-40-71(75)72-41-23-25-43-76(72)79)59-46-52-70(53-47-59)83(67-34-16-5-17-35-67,68-36-18-6-19-37-68)69-38-20-7-21-39-69/h1-57H. The first kappa shape index (κ1) is 49.5. The number of anilines is 6. The number of benzene rings is 13. The van der Waals surface area contributed by atoms with Gasteiger partial charge in [0.15, 0.2) is 8.07 Å². The van der Waals surface area contributed by atoms with Crippen molar-refractivity contribution < 1.29 is 0 Å². The first-order valence-electron chi connectivity index (χ1n) is 28.7. The predicted molar refractivity (Wildman–Crippen MR) is 351 cm³/mol. The Balaban J connectivity index is 0.927. The number of aromatic nitrogens is 1. The van der Waals surface area contributed by atoms with E-state index in [1.165, 1.54) is 54.1 Å². The minimum Gasteiger partial charge on any atom is -0.310 e. The van der Waals surface area contributed by atoms with Gasteiger partial charge >= 0.3 is 0 Å². The Morgan fingerprint density at radius 1 is 0.253 bits per heavy atom. The molecule has 392 valence electrons. The fourth-order valence-electron chi connectivity index (χ4n) is 13.7. The molecule has 83 heavy (non-hydrogen) atoms. The maximum atomic E-state index is 2.46. The highest BCUT2D eigenvalue weighted by Gasteiger charge is 2.47. The fraction of sp³-hybridized carbons (Fsp3) is 0.0127. The van der Waals surface area contributed by atoms with Crippen molar-refractivity contribution in [3.63, 3.8) is 0 Å². The third kappa shape index (κ3) is 8.17. The largest absolute Gasteiger partial charge is 0.310 e. The highest BCUT2D eigenvalue weighted by molar-refractivity contribution is 7.19. The van der Waals surface area contributed by atoms with Crippen molar-refractivity contribution in [2.45, 2.75) is 5.41 Å². The molecule has 0 bridgehead atoms. The minimum absolute atomic E-state index is 0.609. The molecule has 0 N–H and O–H groups in total. The van der Waals surface area contributed by atoms with Crippen LogP contribution in [0.15, 0.2) is 346 Å². The smallest absolute Gasteiger partial charge is 0.179 e. The van der Waals surface area contributed by atoms with Crippen LogP contribution in [-0.2, 0) is 5.41 Å². The maximum Gasteiger partial charge on any atom is 0.179 e. The summed E-state index contributed by atoms with van der Waals surface area (Å²) in [6.45, 7) is 0. The summed E-state index contributed by atoms with van der Waals surface area (Å²) in [6.07, 6.45) is 0. The molecule has 0 amide bonds. The third-order valence-corrected chi connectivity index (χ3v) is 22.0. The summed E-state index contributed by atoms with van der Waals surface area (Å²) in [5, 5.41) is 7.76. The molecule has 0 unspecified atom stereocenters. The van der Waals surface area contributed by atoms with Crippen LogP contribution in [0.25, 0.3) is 38.6 Å². The summed E-state index contributed by atoms with van der Waals surface area (Å²) in [5.41, 5.74) is 16.9. The van der Waals surface area contributed by atoms with Crippen molar-refractivity contribution in [1.82, 2.24) is 4.57 Å². The second-order valence-corrected chi connectivity index (χ2v) is 25.4.